The van der Waals surface area contributed by atoms with E-state index in [2.05, 4.69) is 9.97 Å². The number of aromatic nitrogens is 2. The Bertz CT molecular complexity index is 704. The van der Waals surface area contributed by atoms with Crippen LogP contribution in [-0.2, 0) is 0 Å². The van der Waals surface area contributed by atoms with Gasteiger partial charge >= 0.3 is 0 Å². The zero-order valence-corrected chi connectivity index (χ0v) is 11.7. The predicted molar refractivity (Wildman–Crippen MR) is 75.9 cm³/mol. The van der Waals surface area contributed by atoms with Crippen LogP contribution < -0.4 is 0 Å². The van der Waals surface area contributed by atoms with Gasteiger partial charge < -0.3 is 4.98 Å². The number of hydrogen-bond acceptors (Lipinski definition) is 4. The van der Waals surface area contributed by atoms with Crippen LogP contribution in [0.5, 0.6) is 0 Å². The highest BCUT2D eigenvalue weighted by atomic mass is 32.2. The fourth-order valence-corrected chi connectivity index (χ4v) is 2.52. The number of hydrogen-bond donors (Lipinski definition) is 1. The van der Waals surface area contributed by atoms with Crippen molar-refractivity contribution >= 4 is 24.0 Å². The van der Waals surface area contributed by atoms with Gasteiger partial charge in [0.2, 0.25) is 0 Å². The summed E-state index contributed by atoms with van der Waals surface area (Å²) in [4.78, 5) is 7.19. The van der Waals surface area contributed by atoms with E-state index in [-0.39, 0.29) is 16.0 Å². The molecule has 3 nitrogen and oxygen atoms in total. The molecule has 2 aromatic rings. The van der Waals surface area contributed by atoms with Gasteiger partial charge in [0.25, 0.3) is 0 Å². The Labute approximate surface area is 119 Å². The van der Waals surface area contributed by atoms with Crippen LogP contribution in [0.4, 0.5) is 4.39 Å². The fourth-order valence-electron chi connectivity index (χ4n) is 1.62. The number of nitriles is 1. The quantitative estimate of drug-likeness (QED) is 0.529. The predicted octanol–water partition coefficient (Wildman–Crippen LogP) is 3.93. The molecular weight excluding hydrogens is 281 g/mol. The monoisotopic (exact) mass is 291 g/mol. The molecule has 1 aromatic carbocycles. The van der Waals surface area contributed by atoms with Gasteiger partial charge in [-0.1, -0.05) is 43.0 Å². The average molecular weight is 291 g/mol. The third-order valence-electron chi connectivity index (χ3n) is 2.41. The molecule has 0 unspecified atom stereocenters. The Morgan fingerprint density at radius 3 is 2.95 bits per heavy atom. The summed E-state index contributed by atoms with van der Waals surface area (Å²) in [6.45, 7) is 1.99. The van der Waals surface area contributed by atoms with Crippen molar-refractivity contribution in [1.82, 2.24) is 9.97 Å². The largest absolute Gasteiger partial charge is 0.333 e. The van der Waals surface area contributed by atoms with Crippen LogP contribution in [0, 0.1) is 21.8 Å². The second kappa shape index (κ2) is 5.95. The molecule has 0 bridgehead atoms. The molecule has 2 rings (SSSR count). The zero-order chi connectivity index (χ0) is 13.8. The SMILES string of the molecule is CCSc1nc(=S)c(C#N)c(-c2cccc(F)c2)[nH]1. The third kappa shape index (κ3) is 3.00. The summed E-state index contributed by atoms with van der Waals surface area (Å²) >= 11 is 6.60. The first-order valence-electron chi connectivity index (χ1n) is 5.59. The van der Waals surface area contributed by atoms with E-state index in [9.17, 15) is 9.65 Å². The van der Waals surface area contributed by atoms with Crippen LogP contribution in [0.25, 0.3) is 11.3 Å². The van der Waals surface area contributed by atoms with Crippen LogP contribution in [0.2, 0.25) is 0 Å². The molecule has 0 saturated carbocycles. The van der Waals surface area contributed by atoms with E-state index in [1.165, 1.54) is 23.9 Å². The molecule has 0 aliphatic rings. The molecule has 0 atom stereocenters. The Kier molecular flexibility index (Phi) is 4.30. The van der Waals surface area contributed by atoms with Gasteiger partial charge in [-0.05, 0) is 17.9 Å². The number of nitrogens with one attached hydrogen (secondary N) is 1. The lowest BCUT2D eigenvalue weighted by Gasteiger charge is -2.07. The molecular formula is C13H10FN3S2. The summed E-state index contributed by atoms with van der Waals surface area (Å²) in [5, 5.41) is 9.80. The number of rotatable bonds is 3. The van der Waals surface area contributed by atoms with Crippen LogP contribution in [0.1, 0.15) is 12.5 Å². The molecule has 0 aliphatic heterocycles. The highest BCUT2D eigenvalue weighted by Gasteiger charge is 2.11. The number of nitrogens with zero attached hydrogens (tertiary/aromatic N) is 2. The highest BCUT2D eigenvalue weighted by molar-refractivity contribution is 7.99. The summed E-state index contributed by atoms with van der Waals surface area (Å²) in [5.41, 5.74) is 1.36. The molecule has 96 valence electrons. The maximum absolute atomic E-state index is 13.3. The number of halogens is 1. The summed E-state index contributed by atoms with van der Waals surface area (Å²) in [6, 6.07) is 8.06. The minimum absolute atomic E-state index is 0.233. The van der Waals surface area contributed by atoms with Gasteiger partial charge in [-0.15, -0.1) is 0 Å². The normalized spacial score (nSPS) is 10.2. The molecule has 0 fully saturated rings. The van der Waals surface area contributed by atoms with Gasteiger partial charge in [-0.3, -0.25) is 0 Å². The van der Waals surface area contributed by atoms with Crippen molar-refractivity contribution < 1.29 is 4.39 Å². The van der Waals surface area contributed by atoms with Crippen molar-refractivity contribution in [3.05, 3.63) is 40.3 Å². The lowest BCUT2D eigenvalue weighted by atomic mass is 10.1. The minimum atomic E-state index is -0.359. The van der Waals surface area contributed by atoms with E-state index < -0.39 is 0 Å². The molecule has 1 aromatic heterocycles. The zero-order valence-electron chi connectivity index (χ0n) is 10.1. The standard InChI is InChI=1S/C13H10FN3S2/c1-2-19-13-16-11(10(7-15)12(18)17-13)8-4-3-5-9(14)6-8/h3-6H,2H2,1H3,(H,16,17,18). The van der Waals surface area contributed by atoms with Crippen LogP contribution in [0.3, 0.4) is 0 Å². The first-order valence-corrected chi connectivity index (χ1v) is 6.98. The molecule has 0 aliphatic carbocycles. The number of aromatic amines is 1. The number of benzene rings is 1. The highest BCUT2D eigenvalue weighted by Crippen LogP contribution is 2.25. The van der Waals surface area contributed by atoms with Crippen molar-refractivity contribution in [2.45, 2.75) is 12.1 Å². The number of thioether (sulfide) groups is 1. The maximum Gasteiger partial charge on any atom is 0.167 e. The Hall–Kier alpha value is -1.71. The summed E-state index contributed by atoms with van der Waals surface area (Å²) < 4.78 is 13.5. The van der Waals surface area contributed by atoms with Gasteiger partial charge in [-0.2, -0.15) is 5.26 Å². The first-order chi connectivity index (χ1) is 9.15. The van der Waals surface area contributed by atoms with E-state index in [1.807, 2.05) is 13.0 Å². The van der Waals surface area contributed by atoms with E-state index in [4.69, 9.17) is 12.2 Å². The summed E-state index contributed by atoms with van der Waals surface area (Å²) in [7, 11) is 0. The topological polar surface area (TPSA) is 52.5 Å². The Morgan fingerprint density at radius 1 is 1.53 bits per heavy atom. The third-order valence-corrected chi connectivity index (χ3v) is 3.46. The van der Waals surface area contributed by atoms with E-state index in [0.29, 0.717) is 16.4 Å². The summed E-state index contributed by atoms with van der Waals surface area (Å²) in [6.07, 6.45) is 0. The average Bonchev–Trinajstić information content (AvgIpc) is 2.38. The summed E-state index contributed by atoms with van der Waals surface area (Å²) in [5.74, 6) is 0.467. The molecule has 0 saturated heterocycles. The van der Waals surface area contributed by atoms with Crippen LogP contribution in [0.15, 0.2) is 29.4 Å². The maximum atomic E-state index is 13.3. The van der Waals surface area contributed by atoms with Crippen molar-refractivity contribution in [2.75, 3.05) is 5.75 Å². The van der Waals surface area contributed by atoms with Crippen LogP contribution in [-0.4, -0.2) is 15.7 Å². The van der Waals surface area contributed by atoms with E-state index in [1.54, 1.807) is 12.1 Å². The Balaban J connectivity index is 2.67. The molecule has 1 N–H and O–H groups in total. The molecule has 0 amide bonds. The Morgan fingerprint density at radius 2 is 2.32 bits per heavy atom. The molecule has 6 heteroatoms. The van der Waals surface area contributed by atoms with Gasteiger partial charge in [0.15, 0.2) is 5.16 Å². The minimum Gasteiger partial charge on any atom is -0.333 e. The lowest BCUT2D eigenvalue weighted by molar-refractivity contribution is 0.628. The van der Waals surface area contributed by atoms with Crippen molar-refractivity contribution in [3.63, 3.8) is 0 Å². The van der Waals surface area contributed by atoms with Crippen molar-refractivity contribution in [2.24, 2.45) is 0 Å². The first kappa shape index (κ1) is 13.7. The molecule has 19 heavy (non-hydrogen) atoms. The fraction of sp³-hybridized carbons (Fsp3) is 0.154. The molecule has 0 spiro atoms. The van der Waals surface area contributed by atoms with Gasteiger partial charge in [-0.25, -0.2) is 9.37 Å². The second-order valence-electron chi connectivity index (χ2n) is 3.65. The lowest BCUT2D eigenvalue weighted by Crippen LogP contribution is -1.97. The molecule has 0 radical (unpaired) electrons. The van der Waals surface area contributed by atoms with E-state index >= 15 is 0 Å². The van der Waals surface area contributed by atoms with Crippen molar-refractivity contribution in [1.29, 1.82) is 5.26 Å². The van der Waals surface area contributed by atoms with E-state index in [0.717, 1.165) is 5.75 Å². The smallest absolute Gasteiger partial charge is 0.167 e. The second-order valence-corrected chi connectivity index (χ2v) is 5.29. The van der Waals surface area contributed by atoms with Gasteiger partial charge in [0, 0.05) is 5.56 Å². The van der Waals surface area contributed by atoms with Crippen molar-refractivity contribution in [3.8, 4) is 17.3 Å². The molecule has 1 heterocycles. The number of H-pyrrole nitrogens is 1. The van der Waals surface area contributed by atoms with Gasteiger partial charge in [0.1, 0.15) is 22.1 Å². The van der Waals surface area contributed by atoms with Crippen LogP contribution >= 0.6 is 24.0 Å². The van der Waals surface area contributed by atoms with Gasteiger partial charge in [0.05, 0.1) is 5.69 Å².